The minimum Gasteiger partial charge on any atom is -0.459 e. The Morgan fingerprint density at radius 1 is 1.18 bits per heavy atom. The number of nitrogens with one attached hydrogen (secondary N) is 1. The Balaban J connectivity index is 1.40. The van der Waals surface area contributed by atoms with E-state index in [1.807, 2.05) is 0 Å². The van der Waals surface area contributed by atoms with Crippen LogP contribution in [0.25, 0.3) is 0 Å². The molecular weight excluding hydrogens is 366 g/mol. The Morgan fingerprint density at radius 3 is 2.57 bits per heavy atom. The zero-order chi connectivity index (χ0) is 20.1. The summed E-state index contributed by atoms with van der Waals surface area (Å²) in [6.45, 7) is 9.68. The van der Waals surface area contributed by atoms with Gasteiger partial charge in [-0.15, -0.1) is 0 Å². The van der Waals surface area contributed by atoms with Gasteiger partial charge in [-0.3, -0.25) is 14.4 Å². The Kier molecular flexibility index (Phi) is 5.12. The first-order valence-electron chi connectivity index (χ1n) is 10.3. The molecule has 4 aliphatic rings. The van der Waals surface area contributed by atoms with Gasteiger partial charge in [0.15, 0.2) is 0 Å². The van der Waals surface area contributed by atoms with Crippen LogP contribution in [-0.4, -0.2) is 69.6 Å². The number of carbonyl (C=O) groups is 3. The molecule has 0 aromatic heterocycles. The zero-order valence-corrected chi connectivity index (χ0v) is 16.8. The molecule has 0 radical (unpaired) electrons. The van der Waals surface area contributed by atoms with Crippen molar-refractivity contribution in [2.75, 3.05) is 39.5 Å². The summed E-state index contributed by atoms with van der Waals surface area (Å²) in [4.78, 5) is 38.9. The molecule has 2 bridgehead atoms. The normalized spacial score (nSPS) is 37.0. The summed E-state index contributed by atoms with van der Waals surface area (Å²) in [6.07, 6.45) is -0.310. The standard InChI is InChI=1S/C20H29NO7/c1-20(2,3)19(24)28-16-11-10-12-14(18(23)27-15(12)16)13(11)17(22)26-9-6-21-4-7-25-8-5-21/h11-16H,4-10H2,1-3H3/p+1. The molecule has 2 aliphatic carbocycles. The monoisotopic (exact) mass is 396 g/mol. The lowest BCUT2D eigenvalue weighted by molar-refractivity contribution is -0.908. The van der Waals surface area contributed by atoms with Gasteiger partial charge in [0.1, 0.15) is 38.4 Å². The van der Waals surface area contributed by atoms with Crippen LogP contribution in [0, 0.1) is 29.1 Å². The average molecular weight is 396 g/mol. The van der Waals surface area contributed by atoms with Crippen molar-refractivity contribution in [1.29, 1.82) is 0 Å². The van der Waals surface area contributed by atoms with Gasteiger partial charge in [-0.1, -0.05) is 0 Å². The van der Waals surface area contributed by atoms with Crippen molar-refractivity contribution in [2.45, 2.75) is 39.4 Å². The highest BCUT2D eigenvalue weighted by atomic mass is 16.6. The van der Waals surface area contributed by atoms with Gasteiger partial charge in [0, 0.05) is 11.8 Å². The second kappa shape index (κ2) is 7.30. The number of quaternary nitrogens is 1. The third-order valence-corrected chi connectivity index (χ3v) is 6.57. The van der Waals surface area contributed by atoms with Crippen LogP contribution < -0.4 is 4.90 Å². The molecule has 28 heavy (non-hydrogen) atoms. The van der Waals surface area contributed by atoms with Crippen LogP contribution in [0.3, 0.4) is 0 Å². The van der Waals surface area contributed by atoms with Crippen LogP contribution in [0.5, 0.6) is 0 Å². The third kappa shape index (κ3) is 3.41. The summed E-state index contributed by atoms with van der Waals surface area (Å²) in [7, 11) is 0. The van der Waals surface area contributed by atoms with Crippen molar-refractivity contribution >= 4 is 17.9 Å². The highest BCUT2D eigenvalue weighted by molar-refractivity contribution is 5.86. The first-order chi connectivity index (χ1) is 13.3. The Hall–Kier alpha value is -1.67. The summed E-state index contributed by atoms with van der Waals surface area (Å²) >= 11 is 0. The molecule has 0 spiro atoms. The van der Waals surface area contributed by atoms with E-state index in [2.05, 4.69) is 0 Å². The molecule has 0 amide bonds. The van der Waals surface area contributed by atoms with Crippen molar-refractivity contribution in [1.82, 2.24) is 0 Å². The average Bonchev–Trinajstić information content (AvgIpc) is 3.25. The fourth-order valence-corrected chi connectivity index (χ4v) is 5.07. The van der Waals surface area contributed by atoms with Crippen LogP contribution in [0.4, 0.5) is 0 Å². The van der Waals surface area contributed by atoms with Crippen molar-refractivity contribution < 1.29 is 38.2 Å². The van der Waals surface area contributed by atoms with Crippen molar-refractivity contribution in [3.05, 3.63) is 0 Å². The van der Waals surface area contributed by atoms with Gasteiger partial charge in [-0.25, -0.2) is 0 Å². The van der Waals surface area contributed by atoms with E-state index in [0.717, 1.165) is 32.8 Å². The smallest absolute Gasteiger partial charge is 0.311 e. The van der Waals surface area contributed by atoms with E-state index >= 15 is 0 Å². The first kappa shape index (κ1) is 19.6. The molecule has 6 unspecified atom stereocenters. The minimum atomic E-state index is -0.652. The SMILES string of the molecule is CC(C)(C)C(=O)OC1C2CC3C1OC(=O)C3C2C(=O)OCC[NH+]1CCOCC1. The number of fused-ring (bicyclic) bond motifs is 1. The number of ether oxygens (including phenoxy) is 4. The lowest BCUT2D eigenvalue weighted by atomic mass is 9.78. The van der Waals surface area contributed by atoms with Crippen LogP contribution in [0.1, 0.15) is 27.2 Å². The summed E-state index contributed by atoms with van der Waals surface area (Å²) in [5.74, 6) is -2.35. The number of esters is 3. The summed E-state index contributed by atoms with van der Waals surface area (Å²) in [6, 6.07) is 0. The highest BCUT2D eigenvalue weighted by Gasteiger charge is 2.70. The first-order valence-corrected chi connectivity index (χ1v) is 10.3. The second-order valence-corrected chi connectivity index (χ2v) is 9.42. The lowest BCUT2D eigenvalue weighted by Crippen LogP contribution is -3.14. The Bertz CT molecular complexity index is 651. The minimum absolute atomic E-state index is 0.0577. The maximum atomic E-state index is 12.8. The number of hydrogen-bond donors (Lipinski definition) is 1. The van der Waals surface area contributed by atoms with Gasteiger partial charge in [0.2, 0.25) is 0 Å². The summed E-state index contributed by atoms with van der Waals surface area (Å²) in [5, 5.41) is 0. The van der Waals surface area contributed by atoms with Gasteiger partial charge in [-0.2, -0.15) is 0 Å². The van der Waals surface area contributed by atoms with Crippen molar-refractivity contribution in [3.8, 4) is 0 Å². The predicted molar refractivity (Wildman–Crippen MR) is 95.1 cm³/mol. The quantitative estimate of drug-likeness (QED) is 0.481. The molecule has 0 aromatic carbocycles. The van der Waals surface area contributed by atoms with E-state index in [4.69, 9.17) is 18.9 Å². The molecule has 1 N–H and O–H groups in total. The fraction of sp³-hybridized carbons (Fsp3) is 0.850. The molecule has 8 nitrogen and oxygen atoms in total. The highest BCUT2D eigenvalue weighted by Crippen LogP contribution is 2.59. The van der Waals surface area contributed by atoms with Gasteiger partial charge in [0.25, 0.3) is 0 Å². The maximum Gasteiger partial charge on any atom is 0.311 e. The Morgan fingerprint density at radius 2 is 1.89 bits per heavy atom. The summed E-state index contributed by atoms with van der Waals surface area (Å²) in [5.41, 5.74) is -0.652. The van der Waals surface area contributed by atoms with Gasteiger partial charge < -0.3 is 23.8 Å². The second-order valence-electron chi connectivity index (χ2n) is 9.42. The molecule has 2 aliphatic heterocycles. The predicted octanol–water partition coefficient (Wildman–Crippen LogP) is -0.790. The van der Waals surface area contributed by atoms with E-state index in [9.17, 15) is 14.4 Å². The van der Waals surface area contributed by atoms with Gasteiger partial charge in [-0.05, 0) is 27.2 Å². The van der Waals surface area contributed by atoms with Crippen LogP contribution in [0.15, 0.2) is 0 Å². The fourth-order valence-electron chi connectivity index (χ4n) is 5.07. The largest absolute Gasteiger partial charge is 0.459 e. The number of morpholine rings is 1. The van der Waals surface area contributed by atoms with Gasteiger partial charge >= 0.3 is 17.9 Å². The van der Waals surface area contributed by atoms with E-state index in [1.54, 1.807) is 20.8 Å². The topological polar surface area (TPSA) is 92.6 Å². The van der Waals surface area contributed by atoms with Crippen LogP contribution in [0.2, 0.25) is 0 Å². The molecule has 0 aromatic rings. The molecule has 4 rings (SSSR count). The number of hydrogen-bond acceptors (Lipinski definition) is 7. The molecule has 8 heteroatoms. The molecule has 156 valence electrons. The van der Waals surface area contributed by atoms with Crippen LogP contribution >= 0.6 is 0 Å². The number of rotatable bonds is 5. The molecule has 2 heterocycles. The van der Waals surface area contributed by atoms with E-state index in [-0.39, 0.29) is 29.7 Å². The maximum absolute atomic E-state index is 12.8. The summed E-state index contributed by atoms with van der Waals surface area (Å²) < 4.78 is 22.1. The molecular formula is C20H30NO7+. The van der Waals surface area contributed by atoms with E-state index in [1.165, 1.54) is 4.90 Å². The molecule has 2 saturated carbocycles. The van der Waals surface area contributed by atoms with Crippen molar-refractivity contribution in [2.24, 2.45) is 29.1 Å². The van der Waals surface area contributed by atoms with E-state index < -0.39 is 29.5 Å². The number of carbonyl (C=O) groups excluding carboxylic acids is 3. The van der Waals surface area contributed by atoms with E-state index in [0.29, 0.717) is 13.0 Å². The molecule has 2 saturated heterocycles. The van der Waals surface area contributed by atoms with Crippen LogP contribution in [-0.2, 0) is 33.3 Å². The Labute approximate surface area is 164 Å². The third-order valence-electron chi connectivity index (χ3n) is 6.57. The van der Waals surface area contributed by atoms with Gasteiger partial charge in [0.05, 0.1) is 30.5 Å². The molecule has 4 fully saturated rings. The molecule has 6 atom stereocenters. The van der Waals surface area contributed by atoms with Crippen molar-refractivity contribution in [3.63, 3.8) is 0 Å². The zero-order valence-electron chi connectivity index (χ0n) is 16.8. The lowest BCUT2D eigenvalue weighted by Gasteiger charge is -2.32.